The minimum atomic E-state index is -0.710. The number of nitrogens with zero attached hydrogens (tertiary/aromatic N) is 1. The Kier molecular flexibility index (Phi) is 4.90. The number of hydrogen-bond acceptors (Lipinski definition) is 2. The monoisotopic (exact) mass is 363 g/mol. The number of likely N-dealkylation sites (tertiary alicyclic amines) is 1. The smallest absolute Gasteiger partial charge is 0.306 e. The quantitative estimate of drug-likeness (QED) is 0.719. The normalized spacial score (nSPS) is 17.1. The molecule has 1 atom stereocenters. The molecule has 1 fully saturated rings. The zero-order valence-corrected chi connectivity index (χ0v) is 15.0. The van der Waals surface area contributed by atoms with Crippen LogP contribution in [-0.2, 0) is 4.79 Å². The summed E-state index contributed by atoms with van der Waals surface area (Å²) < 4.78 is 13.5. The summed E-state index contributed by atoms with van der Waals surface area (Å²) in [6.07, 6.45) is 1.27. The van der Waals surface area contributed by atoms with Crippen molar-refractivity contribution in [2.75, 3.05) is 13.1 Å². The molecule has 1 saturated heterocycles. The molecule has 27 heavy (non-hydrogen) atoms. The van der Waals surface area contributed by atoms with E-state index < -0.39 is 5.97 Å². The van der Waals surface area contributed by atoms with Crippen molar-refractivity contribution in [1.82, 2.24) is 4.90 Å². The van der Waals surface area contributed by atoms with Gasteiger partial charge in [-0.15, -0.1) is 0 Å². The number of aliphatic carboxylic acids is 1. The Morgan fingerprint density at radius 2 is 1.63 bits per heavy atom. The van der Waals surface area contributed by atoms with Crippen LogP contribution in [-0.4, -0.2) is 29.1 Å². The van der Waals surface area contributed by atoms with E-state index in [0.717, 1.165) is 5.56 Å². The number of carboxylic acid groups (broad SMARTS) is 1. The molecule has 3 aromatic rings. The molecule has 1 heterocycles. The molecular formula is C23H22FNO2. The summed E-state index contributed by atoms with van der Waals surface area (Å²) in [6.45, 7) is 1.42. The van der Waals surface area contributed by atoms with Gasteiger partial charge in [-0.3, -0.25) is 9.69 Å². The van der Waals surface area contributed by atoms with E-state index >= 15 is 0 Å². The molecule has 1 unspecified atom stereocenters. The number of benzene rings is 3. The second-order valence-electron chi connectivity index (χ2n) is 7.17. The van der Waals surface area contributed by atoms with Gasteiger partial charge in [-0.2, -0.15) is 0 Å². The molecule has 1 aliphatic rings. The van der Waals surface area contributed by atoms with E-state index in [0.29, 0.717) is 25.9 Å². The summed E-state index contributed by atoms with van der Waals surface area (Å²) in [5.41, 5.74) is 2.20. The zero-order chi connectivity index (χ0) is 18.8. The molecule has 0 radical (unpaired) electrons. The molecule has 4 heteroatoms. The van der Waals surface area contributed by atoms with Gasteiger partial charge in [0.1, 0.15) is 5.82 Å². The van der Waals surface area contributed by atoms with Crippen LogP contribution in [0.3, 0.4) is 0 Å². The second kappa shape index (κ2) is 7.49. The molecule has 3 nitrogen and oxygen atoms in total. The Balaban J connectivity index is 1.77. The lowest BCUT2D eigenvalue weighted by molar-refractivity contribution is -0.143. The fourth-order valence-corrected chi connectivity index (χ4v) is 4.13. The number of piperidine rings is 1. The maximum Gasteiger partial charge on any atom is 0.306 e. The maximum atomic E-state index is 13.5. The summed E-state index contributed by atoms with van der Waals surface area (Å²) in [5, 5.41) is 11.7. The number of halogens is 1. The molecule has 1 N–H and O–H groups in total. The van der Waals surface area contributed by atoms with Gasteiger partial charge in [0.05, 0.1) is 12.0 Å². The topological polar surface area (TPSA) is 40.5 Å². The summed E-state index contributed by atoms with van der Waals surface area (Å²) in [6, 6.07) is 21.2. The average Bonchev–Trinajstić information content (AvgIpc) is 2.70. The molecule has 138 valence electrons. The van der Waals surface area contributed by atoms with Gasteiger partial charge in [0.2, 0.25) is 0 Å². The lowest BCUT2D eigenvalue weighted by Crippen LogP contribution is -2.39. The van der Waals surface area contributed by atoms with Crippen LogP contribution in [0.25, 0.3) is 10.8 Å². The van der Waals surface area contributed by atoms with E-state index in [2.05, 4.69) is 35.2 Å². The molecule has 0 aromatic heterocycles. The van der Waals surface area contributed by atoms with E-state index in [1.54, 1.807) is 0 Å². The highest BCUT2D eigenvalue weighted by molar-refractivity contribution is 5.86. The predicted octanol–water partition coefficient (Wildman–Crippen LogP) is 4.86. The van der Waals surface area contributed by atoms with Gasteiger partial charge in [0, 0.05) is 0 Å². The van der Waals surface area contributed by atoms with Crippen molar-refractivity contribution in [3.8, 4) is 0 Å². The number of fused-ring (bicyclic) bond motifs is 1. The fourth-order valence-electron chi connectivity index (χ4n) is 4.13. The molecule has 0 amide bonds. The number of hydrogen-bond donors (Lipinski definition) is 1. The van der Waals surface area contributed by atoms with E-state index in [4.69, 9.17) is 0 Å². The van der Waals surface area contributed by atoms with E-state index in [-0.39, 0.29) is 17.8 Å². The Morgan fingerprint density at radius 1 is 0.963 bits per heavy atom. The zero-order valence-electron chi connectivity index (χ0n) is 15.0. The lowest BCUT2D eigenvalue weighted by Gasteiger charge is -2.37. The number of carboxylic acids is 1. The lowest BCUT2D eigenvalue weighted by atomic mass is 9.89. The Hall–Kier alpha value is -2.72. The fraction of sp³-hybridized carbons (Fsp3) is 0.261. The van der Waals surface area contributed by atoms with Crippen LogP contribution in [0.1, 0.15) is 30.0 Å². The standard InChI is InChI=1S/C23H22FNO2/c24-19-10-8-17(9-11-19)22(25-14-12-18(13-15-25)23(26)27)21-7-3-5-16-4-1-2-6-20(16)21/h1-11,18,22H,12-15H2,(H,26,27). The summed E-state index contributed by atoms with van der Waals surface area (Å²) in [4.78, 5) is 13.7. The van der Waals surface area contributed by atoms with Gasteiger partial charge in [-0.25, -0.2) is 4.39 Å². The molecule has 4 rings (SSSR count). The minimum absolute atomic E-state index is 0.0218. The van der Waals surface area contributed by atoms with Crippen molar-refractivity contribution in [2.24, 2.45) is 5.92 Å². The van der Waals surface area contributed by atoms with E-state index in [1.807, 2.05) is 24.3 Å². The van der Waals surface area contributed by atoms with Gasteiger partial charge in [0.15, 0.2) is 0 Å². The van der Waals surface area contributed by atoms with Crippen LogP contribution < -0.4 is 0 Å². The summed E-state index contributed by atoms with van der Waals surface area (Å²) in [7, 11) is 0. The van der Waals surface area contributed by atoms with Crippen LogP contribution in [0, 0.1) is 11.7 Å². The first-order chi connectivity index (χ1) is 13.1. The first kappa shape index (κ1) is 17.7. The van der Waals surface area contributed by atoms with E-state index in [9.17, 15) is 14.3 Å². The largest absolute Gasteiger partial charge is 0.481 e. The SMILES string of the molecule is O=C(O)C1CCN(C(c2ccc(F)cc2)c2cccc3ccccc23)CC1. The molecular weight excluding hydrogens is 341 g/mol. The van der Waals surface area contributed by atoms with Gasteiger partial charge < -0.3 is 5.11 Å². The molecule has 0 saturated carbocycles. The maximum absolute atomic E-state index is 13.5. The van der Waals surface area contributed by atoms with Gasteiger partial charge in [0.25, 0.3) is 0 Å². The van der Waals surface area contributed by atoms with Crippen molar-refractivity contribution in [2.45, 2.75) is 18.9 Å². The number of rotatable bonds is 4. The van der Waals surface area contributed by atoms with Crippen molar-refractivity contribution in [3.05, 3.63) is 83.7 Å². The van der Waals surface area contributed by atoms with Crippen LogP contribution in [0.5, 0.6) is 0 Å². The Morgan fingerprint density at radius 3 is 2.33 bits per heavy atom. The molecule has 0 spiro atoms. The number of carbonyl (C=O) groups is 1. The highest BCUT2D eigenvalue weighted by atomic mass is 19.1. The van der Waals surface area contributed by atoms with Crippen LogP contribution in [0.15, 0.2) is 66.7 Å². The third-order valence-corrected chi connectivity index (χ3v) is 5.55. The minimum Gasteiger partial charge on any atom is -0.481 e. The predicted molar refractivity (Wildman–Crippen MR) is 104 cm³/mol. The van der Waals surface area contributed by atoms with Crippen molar-refractivity contribution in [3.63, 3.8) is 0 Å². The van der Waals surface area contributed by atoms with Crippen LogP contribution in [0.4, 0.5) is 4.39 Å². The third-order valence-electron chi connectivity index (χ3n) is 5.55. The molecule has 1 aliphatic heterocycles. The van der Waals surface area contributed by atoms with Crippen LogP contribution in [0.2, 0.25) is 0 Å². The Bertz CT molecular complexity index is 941. The van der Waals surface area contributed by atoms with Crippen molar-refractivity contribution < 1.29 is 14.3 Å². The first-order valence-electron chi connectivity index (χ1n) is 9.33. The van der Waals surface area contributed by atoms with E-state index in [1.165, 1.54) is 28.5 Å². The molecule has 3 aromatic carbocycles. The molecule has 0 bridgehead atoms. The molecule has 0 aliphatic carbocycles. The average molecular weight is 363 g/mol. The van der Waals surface area contributed by atoms with Crippen LogP contribution >= 0.6 is 0 Å². The van der Waals surface area contributed by atoms with Crippen molar-refractivity contribution in [1.29, 1.82) is 0 Å². The summed E-state index contributed by atoms with van der Waals surface area (Å²) >= 11 is 0. The first-order valence-corrected chi connectivity index (χ1v) is 9.33. The summed E-state index contributed by atoms with van der Waals surface area (Å²) in [5.74, 6) is -1.24. The highest BCUT2D eigenvalue weighted by Gasteiger charge is 2.30. The second-order valence-corrected chi connectivity index (χ2v) is 7.17. The third kappa shape index (κ3) is 3.58. The van der Waals surface area contributed by atoms with Crippen molar-refractivity contribution >= 4 is 16.7 Å². The van der Waals surface area contributed by atoms with Gasteiger partial charge in [-0.05, 0) is 60.0 Å². The van der Waals surface area contributed by atoms with Gasteiger partial charge in [-0.1, -0.05) is 54.6 Å². The highest BCUT2D eigenvalue weighted by Crippen LogP contribution is 2.36. The Labute approximate surface area is 158 Å². The van der Waals surface area contributed by atoms with Gasteiger partial charge >= 0.3 is 5.97 Å².